The number of nitrogens with one attached hydrogen (secondary N) is 2. The number of amides is 2. The standard InChI is InChI=1S/C20H21N3O4S2/c1-12(10-24)22-20(26)27-14-3-4-15-16(9-21)19(29-17(15)8-14)23-18(25)5-2-13-6-7-28-11-13/h2,5-7,11-12,14,24H,3-4,8,10H2,1H3,(H,22,26)(H,23,25)/b5-2+. The normalized spacial score (nSPS) is 16.7. The predicted octanol–water partition coefficient (Wildman–Crippen LogP) is 3.30. The fourth-order valence-corrected chi connectivity index (χ4v) is 4.88. The first-order valence-electron chi connectivity index (χ1n) is 9.14. The van der Waals surface area contributed by atoms with Crippen LogP contribution in [0.4, 0.5) is 9.80 Å². The maximum atomic E-state index is 12.2. The molecule has 2 heterocycles. The van der Waals surface area contributed by atoms with Crippen molar-refractivity contribution in [2.75, 3.05) is 11.9 Å². The monoisotopic (exact) mass is 431 g/mol. The summed E-state index contributed by atoms with van der Waals surface area (Å²) in [4.78, 5) is 25.1. The summed E-state index contributed by atoms with van der Waals surface area (Å²) in [6.45, 7) is 1.52. The number of hydrogen-bond acceptors (Lipinski definition) is 7. The van der Waals surface area contributed by atoms with Gasteiger partial charge in [-0.15, -0.1) is 11.3 Å². The highest BCUT2D eigenvalue weighted by molar-refractivity contribution is 7.16. The number of hydrogen-bond donors (Lipinski definition) is 3. The average Bonchev–Trinajstić information content (AvgIpc) is 3.32. The van der Waals surface area contributed by atoms with Gasteiger partial charge in [0.2, 0.25) is 5.91 Å². The second-order valence-corrected chi connectivity index (χ2v) is 8.58. The Labute approximate surface area is 176 Å². The number of nitriles is 1. The molecule has 2 atom stereocenters. The van der Waals surface area contributed by atoms with Crippen molar-refractivity contribution in [2.24, 2.45) is 0 Å². The number of rotatable bonds is 6. The SMILES string of the molecule is CC(CO)NC(=O)OC1CCc2c(sc(NC(=O)/C=C/c3ccsc3)c2C#N)C1. The van der Waals surface area contributed by atoms with Crippen molar-refractivity contribution in [3.8, 4) is 6.07 Å². The van der Waals surface area contributed by atoms with E-state index in [2.05, 4.69) is 16.7 Å². The summed E-state index contributed by atoms with van der Waals surface area (Å²) in [6.07, 6.45) is 4.00. The summed E-state index contributed by atoms with van der Waals surface area (Å²) in [5.41, 5.74) is 2.35. The third-order valence-electron chi connectivity index (χ3n) is 4.45. The van der Waals surface area contributed by atoms with E-state index >= 15 is 0 Å². The van der Waals surface area contributed by atoms with E-state index in [1.54, 1.807) is 24.3 Å². The zero-order chi connectivity index (χ0) is 20.8. The highest BCUT2D eigenvalue weighted by atomic mass is 32.1. The molecule has 0 aliphatic heterocycles. The van der Waals surface area contributed by atoms with Crippen LogP contribution in [0.3, 0.4) is 0 Å². The van der Waals surface area contributed by atoms with Gasteiger partial charge >= 0.3 is 6.09 Å². The molecule has 0 aromatic carbocycles. The Kier molecular flexibility index (Phi) is 7.04. The number of alkyl carbamates (subject to hydrolysis) is 1. The summed E-state index contributed by atoms with van der Waals surface area (Å²) in [7, 11) is 0. The number of thiophene rings is 2. The van der Waals surface area contributed by atoms with Crippen LogP contribution in [0.15, 0.2) is 22.9 Å². The Balaban J connectivity index is 1.65. The topological polar surface area (TPSA) is 111 Å². The number of nitrogens with zero attached hydrogens (tertiary/aromatic N) is 1. The van der Waals surface area contributed by atoms with E-state index in [9.17, 15) is 14.9 Å². The lowest BCUT2D eigenvalue weighted by Crippen LogP contribution is -2.38. The first-order chi connectivity index (χ1) is 14.0. The summed E-state index contributed by atoms with van der Waals surface area (Å²) < 4.78 is 5.43. The summed E-state index contributed by atoms with van der Waals surface area (Å²) >= 11 is 2.90. The van der Waals surface area contributed by atoms with Gasteiger partial charge in [-0.2, -0.15) is 16.6 Å². The number of carbonyl (C=O) groups excluding carboxylic acids is 2. The fourth-order valence-electron chi connectivity index (χ4n) is 2.99. The molecule has 1 aliphatic rings. The molecule has 0 saturated carbocycles. The van der Waals surface area contributed by atoms with Gasteiger partial charge in [-0.1, -0.05) is 0 Å². The van der Waals surface area contributed by atoms with Gasteiger partial charge in [-0.05, 0) is 53.8 Å². The molecule has 0 spiro atoms. The molecule has 2 unspecified atom stereocenters. The second-order valence-electron chi connectivity index (χ2n) is 6.70. The average molecular weight is 432 g/mol. The molecule has 29 heavy (non-hydrogen) atoms. The van der Waals surface area contributed by atoms with E-state index in [-0.39, 0.29) is 24.7 Å². The molecule has 0 saturated heterocycles. The predicted molar refractivity (Wildman–Crippen MR) is 113 cm³/mol. The zero-order valence-electron chi connectivity index (χ0n) is 15.8. The molecule has 2 aromatic rings. The van der Waals surface area contributed by atoms with Crippen molar-refractivity contribution >= 4 is 45.8 Å². The molecule has 9 heteroatoms. The Morgan fingerprint density at radius 2 is 2.34 bits per heavy atom. The largest absolute Gasteiger partial charge is 0.446 e. The first kappa shape index (κ1) is 21.0. The van der Waals surface area contributed by atoms with Crippen LogP contribution in [-0.4, -0.2) is 35.9 Å². The van der Waals surface area contributed by atoms with Gasteiger partial charge in [0, 0.05) is 17.4 Å². The van der Waals surface area contributed by atoms with Crippen molar-refractivity contribution in [3.63, 3.8) is 0 Å². The molecule has 0 radical (unpaired) electrons. The van der Waals surface area contributed by atoms with E-state index in [0.29, 0.717) is 29.8 Å². The quantitative estimate of drug-likeness (QED) is 0.608. The Morgan fingerprint density at radius 3 is 3.03 bits per heavy atom. The number of fused-ring (bicyclic) bond motifs is 1. The summed E-state index contributed by atoms with van der Waals surface area (Å²) in [5, 5.41) is 28.3. The smallest absolute Gasteiger partial charge is 0.407 e. The van der Waals surface area contributed by atoms with Gasteiger partial charge in [0.25, 0.3) is 0 Å². The van der Waals surface area contributed by atoms with E-state index < -0.39 is 6.09 Å². The molecular weight excluding hydrogens is 410 g/mol. The Hall–Kier alpha value is -2.67. The van der Waals surface area contributed by atoms with Crippen molar-refractivity contribution in [3.05, 3.63) is 44.5 Å². The van der Waals surface area contributed by atoms with Crippen molar-refractivity contribution in [1.29, 1.82) is 5.26 Å². The maximum absolute atomic E-state index is 12.2. The maximum Gasteiger partial charge on any atom is 0.407 e. The third-order valence-corrected chi connectivity index (χ3v) is 6.32. The molecule has 3 N–H and O–H groups in total. The third kappa shape index (κ3) is 5.44. The molecular formula is C20H21N3O4S2. The molecule has 2 aromatic heterocycles. The van der Waals surface area contributed by atoms with Crippen LogP contribution in [0.25, 0.3) is 6.08 Å². The molecule has 1 aliphatic carbocycles. The Morgan fingerprint density at radius 1 is 1.52 bits per heavy atom. The van der Waals surface area contributed by atoms with E-state index in [1.165, 1.54) is 17.4 Å². The van der Waals surface area contributed by atoms with Crippen LogP contribution in [0, 0.1) is 11.3 Å². The number of ether oxygens (including phenoxy) is 1. The summed E-state index contributed by atoms with van der Waals surface area (Å²) in [6, 6.07) is 3.73. The van der Waals surface area contributed by atoms with Crippen molar-refractivity contribution in [2.45, 2.75) is 38.3 Å². The van der Waals surface area contributed by atoms with Crippen LogP contribution in [0.2, 0.25) is 0 Å². The van der Waals surface area contributed by atoms with E-state index in [1.807, 2.05) is 16.8 Å². The van der Waals surface area contributed by atoms with Crippen molar-refractivity contribution < 1.29 is 19.4 Å². The van der Waals surface area contributed by atoms with E-state index in [4.69, 9.17) is 9.84 Å². The fraction of sp³-hybridized carbons (Fsp3) is 0.350. The van der Waals surface area contributed by atoms with Crippen LogP contribution in [0.5, 0.6) is 0 Å². The number of aliphatic hydroxyl groups excluding tert-OH is 1. The first-order valence-corrected chi connectivity index (χ1v) is 10.9. The number of carbonyl (C=O) groups is 2. The van der Waals surface area contributed by atoms with Gasteiger partial charge in [0.15, 0.2) is 0 Å². The van der Waals surface area contributed by atoms with Gasteiger partial charge in [0.05, 0.1) is 18.2 Å². The minimum atomic E-state index is -0.566. The zero-order valence-corrected chi connectivity index (χ0v) is 17.4. The van der Waals surface area contributed by atoms with Crippen LogP contribution in [0.1, 0.15) is 34.9 Å². The lowest BCUT2D eigenvalue weighted by Gasteiger charge is -2.23. The molecule has 0 fully saturated rings. The lowest BCUT2D eigenvalue weighted by molar-refractivity contribution is -0.111. The van der Waals surface area contributed by atoms with Crippen LogP contribution >= 0.6 is 22.7 Å². The highest BCUT2D eigenvalue weighted by Crippen LogP contribution is 2.38. The molecule has 0 bridgehead atoms. The molecule has 7 nitrogen and oxygen atoms in total. The molecule has 2 amide bonds. The lowest BCUT2D eigenvalue weighted by atomic mass is 9.94. The van der Waals surface area contributed by atoms with Gasteiger partial charge in [-0.25, -0.2) is 4.79 Å². The van der Waals surface area contributed by atoms with Gasteiger partial charge < -0.3 is 20.5 Å². The summed E-state index contributed by atoms with van der Waals surface area (Å²) in [5.74, 6) is -0.295. The highest BCUT2D eigenvalue weighted by Gasteiger charge is 2.28. The molecule has 3 rings (SSSR count). The van der Waals surface area contributed by atoms with Crippen molar-refractivity contribution in [1.82, 2.24) is 5.32 Å². The van der Waals surface area contributed by atoms with Crippen LogP contribution in [-0.2, 0) is 22.4 Å². The van der Waals surface area contributed by atoms with Gasteiger partial charge in [0.1, 0.15) is 17.2 Å². The van der Waals surface area contributed by atoms with E-state index in [0.717, 1.165) is 16.0 Å². The Bertz CT molecular complexity index is 944. The van der Waals surface area contributed by atoms with Gasteiger partial charge in [-0.3, -0.25) is 4.79 Å². The molecule has 152 valence electrons. The van der Waals surface area contributed by atoms with Crippen LogP contribution < -0.4 is 10.6 Å². The minimum Gasteiger partial charge on any atom is -0.446 e. The number of aliphatic hydroxyl groups is 1. The minimum absolute atomic E-state index is 0.162. The number of anilines is 1. The second kappa shape index (κ2) is 9.69.